The van der Waals surface area contributed by atoms with Crippen LogP contribution in [0.5, 0.6) is 0 Å². The van der Waals surface area contributed by atoms with E-state index >= 15 is 0 Å². The monoisotopic (exact) mass is 313 g/mol. The Kier molecular flexibility index (Phi) is 5.16. The van der Waals surface area contributed by atoms with Crippen LogP contribution in [0.15, 0.2) is 66.0 Å². The van der Waals surface area contributed by atoms with Gasteiger partial charge in [-0.2, -0.15) is 0 Å². The molecule has 0 saturated carbocycles. The molecular formula is C19H20FNO2. The number of hydrogen-bond donors (Lipinski definition) is 0. The number of benzene rings is 1. The molecule has 1 aliphatic heterocycles. The summed E-state index contributed by atoms with van der Waals surface area (Å²) < 4.78 is 18.0. The summed E-state index contributed by atoms with van der Waals surface area (Å²) in [5.41, 5.74) is 4.02. The van der Waals surface area contributed by atoms with Crippen molar-refractivity contribution in [2.75, 3.05) is 7.11 Å². The summed E-state index contributed by atoms with van der Waals surface area (Å²) in [6, 6.07) is 6.29. The van der Waals surface area contributed by atoms with Gasteiger partial charge < -0.3 is 9.64 Å². The highest BCUT2D eigenvalue weighted by Gasteiger charge is 2.20. The lowest BCUT2D eigenvalue weighted by atomic mass is 10.0. The van der Waals surface area contributed by atoms with E-state index in [1.165, 1.54) is 19.2 Å². The van der Waals surface area contributed by atoms with Crippen molar-refractivity contribution in [2.45, 2.75) is 20.3 Å². The third kappa shape index (κ3) is 3.59. The number of ether oxygens (including phenoxy) is 1. The van der Waals surface area contributed by atoms with Gasteiger partial charge in [0.15, 0.2) is 0 Å². The van der Waals surface area contributed by atoms with Crippen LogP contribution in [0.2, 0.25) is 0 Å². The first-order valence-electron chi connectivity index (χ1n) is 7.40. The van der Waals surface area contributed by atoms with E-state index in [-0.39, 0.29) is 5.82 Å². The van der Waals surface area contributed by atoms with Gasteiger partial charge in [0.1, 0.15) is 5.82 Å². The van der Waals surface area contributed by atoms with Crippen molar-refractivity contribution in [2.24, 2.45) is 0 Å². The van der Waals surface area contributed by atoms with Crippen LogP contribution in [0.4, 0.5) is 4.39 Å². The van der Waals surface area contributed by atoms with Crippen molar-refractivity contribution in [1.82, 2.24) is 4.90 Å². The van der Waals surface area contributed by atoms with Gasteiger partial charge >= 0.3 is 5.97 Å². The van der Waals surface area contributed by atoms with E-state index in [1.807, 2.05) is 18.7 Å². The molecule has 0 spiro atoms. The van der Waals surface area contributed by atoms with E-state index in [9.17, 15) is 9.18 Å². The number of methoxy groups -OCH3 is 1. The van der Waals surface area contributed by atoms with Crippen LogP contribution in [-0.4, -0.2) is 18.0 Å². The molecule has 0 aliphatic carbocycles. The molecule has 1 aromatic rings. The molecule has 4 heteroatoms. The number of hydrogen-bond acceptors (Lipinski definition) is 3. The van der Waals surface area contributed by atoms with Crippen molar-refractivity contribution >= 4 is 11.7 Å². The predicted octanol–water partition coefficient (Wildman–Crippen LogP) is 4.41. The van der Waals surface area contributed by atoms with Crippen molar-refractivity contribution < 1.29 is 13.9 Å². The first-order chi connectivity index (χ1) is 11.0. The molecule has 0 saturated heterocycles. The molecular weight excluding hydrogens is 293 g/mol. The SMILES string of the molecule is C=C1C=CC(C(=O)OC)=CN1/C(=C(/C)CC)c1ccc(F)cc1. The highest BCUT2D eigenvalue weighted by molar-refractivity contribution is 5.92. The lowest BCUT2D eigenvalue weighted by Gasteiger charge is -2.29. The fourth-order valence-corrected chi connectivity index (χ4v) is 2.34. The second kappa shape index (κ2) is 7.09. The topological polar surface area (TPSA) is 29.5 Å². The summed E-state index contributed by atoms with van der Waals surface area (Å²) in [6.07, 6.45) is 5.96. The summed E-state index contributed by atoms with van der Waals surface area (Å²) in [7, 11) is 1.35. The fraction of sp³-hybridized carbons (Fsp3) is 0.211. The van der Waals surface area contributed by atoms with Crippen molar-refractivity contribution in [3.05, 3.63) is 77.4 Å². The van der Waals surface area contributed by atoms with Crippen LogP contribution >= 0.6 is 0 Å². The Morgan fingerprint density at radius 3 is 2.48 bits per heavy atom. The maximum atomic E-state index is 13.2. The zero-order chi connectivity index (χ0) is 17.0. The summed E-state index contributed by atoms with van der Waals surface area (Å²) in [6.45, 7) is 8.09. The quantitative estimate of drug-likeness (QED) is 0.771. The van der Waals surface area contributed by atoms with Crippen molar-refractivity contribution in [3.63, 3.8) is 0 Å². The van der Waals surface area contributed by atoms with Gasteiger partial charge in [-0.15, -0.1) is 0 Å². The normalized spacial score (nSPS) is 15.2. The molecule has 0 radical (unpaired) electrons. The molecule has 2 rings (SSSR count). The van der Waals surface area contributed by atoms with Crippen LogP contribution in [0.3, 0.4) is 0 Å². The number of nitrogens with zero attached hydrogens (tertiary/aromatic N) is 1. The third-order valence-electron chi connectivity index (χ3n) is 3.75. The zero-order valence-electron chi connectivity index (χ0n) is 13.6. The van der Waals surface area contributed by atoms with Crippen molar-refractivity contribution in [1.29, 1.82) is 0 Å². The first kappa shape index (κ1) is 16.7. The van der Waals surface area contributed by atoms with Crippen LogP contribution in [0.25, 0.3) is 5.70 Å². The van der Waals surface area contributed by atoms with Gasteiger partial charge in [0.25, 0.3) is 0 Å². The van der Waals surface area contributed by atoms with E-state index in [0.717, 1.165) is 29.0 Å². The summed E-state index contributed by atoms with van der Waals surface area (Å²) in [5, 5.41) is 0. The number of halogens is 1. The molecule has 1 heterocycles. The van der Waals surface area contributed by atoms with Crippen molar-refractivity contribution in [3.8, 4) is 0 Å². The number of carbonyl (C=O) groups excluding carboxylic acids is 1. The molecule has 120 valence electrons. The van der Waals surface area contributed by atoms with E-state index < -0.39 is 5.97 Å². The average molecular weight is 313 g/mol. The Balaban J connectivity index is 2.53. The Labute approximate surface area is 136 Å². The zero-order valence-corrected chi connectivity index (χ0v) is 13.6. The molecule has 0 fully saturated rings. The van der Waals surface area contributed by atoms with Crippen LogP contribution in [0.1, 0.15) is 25.8 Å². The predicted molar refractivity (Wildman–Crippen MR) is 89.5 cm³/mol. The summed E-state index contributed by atoms with van der Waals surface area (Å²) >= 11 is 0. The molecule has 0 amide bonds. The minimum atomic E-state index is -0.411. The first-order valence-corrected chi connectivity index (χ1v) is 7.40. The van der Waals surface area contributed by atoms with E-state index in [0.29, 0.717) is 5.57 Å². The van der Waals surface area contributed by atoms with Gasteiger partial charge in [-0.3, -0.25) is 0 Å². The molecule has 1 aromatic carbocycles. The maximum Gasteiger partial charge on any atom is 0.339 e. The van der Waals surface area contributed by atoms with Crippen LogP contribution in [0, 0.1) is 5.82 Å². The minimum absolute atomic E-state index is 0.287. The largest absolute Gasteiger partial charge is 0.465 e. The fourth-order valence-electron chi connectivity index (χ4n) is 2.34. The molecule has 0 atom stereocenters. The lowest BCUT2D eigenvalue weighted by molar-refractivity contribution is -0.135. The Bertz CT molecular complexity index is 711. The second-order valence-corrected chi connectivity index (χ2v) is 5.26. The van der Waals surface area contributed by atoms with E-state index in [2.05, 4.69) is 6.58 Å². The Hall–Kier alpha value is -2.62. The Morgan fingerprint density at radius 1 is 1.26 bits per heavy atom. The molecule has 0 aromatic heterocycles. The molecule has 3 nitrogen and oxygen atoms in total. The number of allylic oxidation sites excluding steroid dienone is 2. The van der Waals surface area contributed by atoms with E-state index in [1.54, 1.807) is 30.5 Å². The van der Waals surface area contributed by atoms with Gasteiger partial charge in [0.2, 0.25) is 0 Å². The highest BCUT2D eigenvalue weighted by Crippen LogP contribution is 2.31. The standard InChI is InChI=1S/C19H20FNO2/c1-5-13(2)18(15-8-10-17(20)11-9-15)21-12-16(19(22)23-4)7-6-14(21)3/h6-12H,3,5H2,1-2,4H3/b18-13-. The highest BCUT2D eigenvalue weighted by atomic mass is 19.1. The smallest absolute Gasteiger partial charge is 0.339 e. The second-order valence-electron chi connectivity index (χ2n) is 5.26. The Morgan fingerprint density at radius 2 is 1.91 bits per heavy atom. The van der Waals surface area contributed by atoms with E-state index in [4.69, 9.17) is 4.74 Å². The van der Waals surface area contributed by atoms with Gasteiger partial charge in [0.05, 0.1) is 18.4 Å². The lowest BCUT2D eigenvalue weighted by Crippen LogP contribution is -2.20. The maximum absolute atomic E-state index is 13.2. The van der Waals surface area contributed by atoms with Gasteiger partial charge in [-0.05, 0) is 60.9 Å². The number of rotatable bonds is 4. The average Bonchev–Trinajstić information content (AvgIpc) is 2.57. The molecule has 0 N–H and O–H groups in total. The van der Waals surface area contributed by atoms with Gasteiger partial charge in [0, 0.05) is 11.9 Å². The summed E-state index contributed by atoms with van der Waals surface area (Å²) in [5.74, 6) is -0.697. The third-order valence-corrected chi connectivity index (χ3v) is 3.75. The molecule has 0 bridgehead atoms. The summed E-state index contributed by atoms with van der Waals surface area (Å²) in [4.78, 5) is 13.6. The van der Waals surface area contributed by atoms with Crippen LogP contribution in [-0.2, 0) is 9.53 Å². The molecule has 23 heavy (non-hydrogen) atoms. The van der Waals surface area contributed by atoms with Crippen LogP contribution < -0.4 is 0 Å². The molecule has 0 unspecified atom stereocenters. The van der Waals surface area contributed by atoms with Gasteiger partial charge in [-0.25, -0.2) is 9.18 Å². The minimum Gasteiger partial charge on any atom is -0.465 e. The number of carbonyl (C=O) groups is 1. The number of esters is 1. The molecule has 1 aliphatic rings. The van der Waals surface area contributed by atoms with Gasteiger partial charge in [-0.1, -0.05) is 13.5 Å².